The molecule has 90 valence electrons. The van der Waals surface area contributed by atoms with Gasteiger partial charge in [0.15, 0.2) is 0 Å². The molecule has 0 bridgehead atoms. The summed E-state index contributed by atoms with van der Waals surface area (Å²) in [6.45, 7) is 2.72. The van der Waals surface area contributed by atoms with E-state index < -0.39 is 0 Å². The highest BCUT2D eigenvalue weighted by Crippen LogP contribution is 2.13. The zero-order valence-corrected chi connectivity index (χ0v) is 9.81. The highest BCUT2D eigenvalue weighted by atomic mass is 16.1. The van der Waals surface area contributed by atoms with Crippen LogP contribution >= 0.6 is 0 Å². The summed E-state index contributed by atoms with van der Waals surface area (Å²) in [6.07, 6.45) is 5.83. The number of aromatic nitrogens is 1. The van der Waals surface area contributed by atoms with Crippen molar-refractivity contribution in [2.45, 2.75) is 0 Å². The summed E-state index contributed by atoms with van der Waals surface area (Å²) in [4.78, 5) is 17.6. The molecule has 0 radical (unpaired) electrons. The highest BCUT2D eigenvalue weighted by Gasteiger charge is 2.08. The summed E-state index contributed by atoms with van der Waals surface area (Å²) in [5.41, 5.74) is 1.44. The third kappa shape index (κ3) is 2.82. The smallest absolute Gasteiger partial charge is 0.269 e. The van der Waals surface area contributed by atoms with Crippen molar-refractivity contribution in [3.8, 4) is 0 Å². The number of anilines is 1. The van der Waals surface area contributed by atoms with E-state index in [0.717, 1.165) is 25.3 Å². The van der Waals surface area contributed by atoms with Crippen LogP contribution in [0.15, 0.2) is 30.6 Å². The monoisotopic (exact) mass is 232 g/mol. The molecular weight excluding hydrogens is 216 g/mol. The minimum absolute atomic E-state index is 0.162. The average molecular weight is 232 g/mol. The number of amides is 1. The Morgan fingerprint density at radius 2 is 2.41 bits per heavy atom. The highest BCUT2D eigenvalue weighted by molar-refractivity contribution is 5.92. The van der Waals surface area contributed by atoms with Crippen LogP contribution in [0.3, 0.4) is 0 Å². The molecular formula is C12H16N4O. The van der Waals surface area contributed by atoms with E-state index in [-0.39, 0.29) is 5.91 Å². The van der Waals surface area contributed by atoms with E-state index in [1.54, 1.807) is 19.3 Å². The molecule has 0 atom stereocenters. The normalized spacial score (nSPS) is 15.5. The first kappa shape index (κ1) is 11.6. The van der Waals surface area contributed by atoms with Gasteiger partial charge in [-0.3, -0.25) is 4.79 Å². The molecule has 5 nitrogen and oxygen atoms in total. The summed E-state index contributed by atoms with van der Waals surface area (Å²) >= 11 is 0. The van der Waals surface area contributed by atoms with Crippen LogP contribution < -0.4 is 15.5 Å². The number of nitrogens with one attached hydrogen (secondary N) is 2. The molecule has 0 aliphatic carbocycles. The van der Waals surface area contributed by atoms with Gasteiger partial charge in [0, 0.05) is 32.9 Å². The van der Waals surface area contributed by atoms with Crippen LogP contribution in [0.5, 0.6) is 0 Å². The van der Waals surface area contributed by atoms with E-state index in [9.17, 15) is 4.79 Å². The second kappa shape index (κ2) is 5.45. The molecule has 0 spiro atoms. The fourth-order valence-electron chi connectivity index (χ4n) is 1.67. The third-order valence-corrected chi connectivity index (χ3v) is 2.62. The predicted octanol–water partition coefficient (Wildman–Crippen LogP) is 0.364. The van der Waals surface area contributed by atoms with Gasteiger partial charge in [-0.1, -0.05) is 6.08 Å². The van der Waals surface area contributed by atoms with Gasteiger partial charge in [0.1, 0.15) is 5.69 Å². The number of carbonyl (C=O) groups excluding carboxylic acids is 1. The van der Waals surface area contributed by atoms with Gasteiger partial charge in [0.2, 0.25) is 0 Å². The maximum absolute atomic E-state index is 11.3. The molecule has 0 saturated heterocycles. The van der Waals surface area contributed by atoms with Gasteiger partial charge >= 0.3 is 0 Å². The summed E-state index contributed by atoms with van der Waals surface area (Å²) in [6, 6.07) is 3.65. The lowest BCUT2D eigenvalue weighted by molar-refractivity contribution is 0.0958. The summed E-state index contributed by atoms with van der Waals surface area (Å²) in [5.74, 6) is -0.162. The largest absolute Gasteiger partial charge is 0.354 e. The lowest BCUT2D eigenvalue weighted by atomic mass is 10.3. The predicted molar refractivity (Wildman–Crippen MR) is 67.0 cm³/mol. The Balaban J connectivity index is 2.14. The van der Waals surface area contributed by atoms with Crippen LogP contribution in [0, 0.1) is 0 Å². The van der Waals surface area contributed by atoms with Crippen molar-refractivity contribution < 1.29 is 4.79 Å². The van der Waals surface area contributed by atoms with E-state index in [0.29, 0.717) is 5.69 Å². The van der Waals surface area contributed by atoms with Crippen LogP contribution in [0.2, 0.25) is 0 Å². The number of pyridine rings is 1. The molecule has 1 amide bonds. The molecule has 0 fully saturated rings. The topological polar surface area (TPSA) is 57.3 Å². The Hall–Kier alpha value is -1.88. The first-order valence-electron chi connectivity index (χ1n) is 5.63. The van der Waals surface area contributed by atoms with Crippen LogP contribution in [-0.4, -0.2) is 37.6 Å². The van der Waals surface area contributed by atoms with Gasteiger partial charge in [-0.2, -0.15) is 0 Å². The maximum Gasteiger partial charge on any atom is 0.269 e. The lowest BCUT2D eigenvalue weighted by Crippen LogP contribution is -2.25. The van der Waals surface area contributed by atoms with Crippen LogP contribution in [-0.2, 0) is 0 Å². The summed E-state index contributed by atoms with van der Waals surface area (Å²) in [7, 11) is 1.60. The summed E-state index contributed by atoms with van der Waals surface area (Å²) in [5, 5.41) is 5.82. The Morgan fingerprint density at radius 3 is 3.12 bits per heavy atom. The molecule has 2 rings (SSSR count). The van der Waals surface area contributed by atoms with E-state index in [2.05, 4.69) is 26.6 Å². The molecule has 1 aromatic rings. The molecule has 1 aromatic heterocycles. The summed E-state index contributed by atoms with van der Waals surface area (Å²) < 4.78 is 0. The molecule has 17 heavy (non-hydrogen) atoms. The number of hydrogen-bond acceptors (Lipinski definition) is 4. The Morgan fingerprint density at radius 1 is 1.53 bits per heavy atom. The molecule has 0 aromatic carbocycles. The molecule has 2 N–H and O–H groups in total. The van der Waals surface area contributed by atoms with Crippen molar-refractivity contribution in [2.75, 3.05) is 31.6 Å². The van der Waals surface area contributed by atoms with Gasteiger partial charge in [-0.25, -0.2) is 4.98 Å². The van der Waals surface area contributed by atoms with Crippen molar-refractivity contribution in [1.82, 2.24) is 15.6 Å². The van der Waals surface area contributed by atoms with Gasteiger partial charge in [-0.05, 0) is 12.1 Å². The van der Waals surface area contributed by atoms with Crippen molar-refractivity contribution in [1.29, 1.82) is 0 Å². The van der Waals surface area contributed by atoms with Gasteiger partial charge in [0.25, 0.3) is 5.91 Å². The first-order valence-corrected chi connectivity index (χ1v) is 5.63. The quantitative estimate of drug-likeness (QED) is 0.773. The van der Waals surface area contributed by atoms with Crippen molar-refractivity contribution >= 4 is 11.6 Å². The number of carbonyl (C=O) groups is 1. The second-order valence-corrected chi connectivity index (χ2v) is 3.76. The van der Waals surface area contributed by atoms with Crippen LogP contribution in [0.25, 0.3) is 0 Å². The minimum Gasteiger partial charge on any atom is -0.354 e. The fraction of sp³-hybridized carbons (Fsp3) is 0.333. The zero-order chi connectivity index (χ0) is 12.1. The molecule has 0 saturated carbocycles. The van der Waals surface area contributed by atoms with E-state index in [4.69, 9.17) is 0 Å². The standard InChI is InChI=1S/C12H16N4O/c1-13-12(17)11-4-3-10(9-15-11)16-7-2-5-14-6-8-16/h2-4,7,9,14H,5-6,8H2,1H3,(H,13,17). The van der Waals surface area contributed by atoms with Crippen LogP contribution in [0.4, 0.5) is 5.69 Å². The zero-order valence-electron chi connectivity index (χ0n) is 9.81. The number of nitrogens with zero attached hydrogens (tertiary/aromatic N) is 2. The number of rotatable bonds is 2. The fourth-order valence-corrected chi connectivity index (χ4v) is 1.67. The first-order chi connectivity index (χ1) is 8.31. The third-order valence-electron chi connectivity index (χ3n) is 2.62. The molecule has 0 unspecified atom stereocenters. The van der Waals surface area contributed by atoms with Gasteiger partial charge in [0.05, 0.1) is 11.9 Å². The van der Waals surface area contributed by atoms with E-state index in [1.165, 1.54) is 0 Å². The SMILES string of the molecule is CNC(=O)c1ccc(N2C=CCNCC2)cn1. The van der Waals surface area contributed by atoms with Gasteiger partial charge in [-0.15, -0.1) is 0 Å². The van der Waals surface area contributed by atoms with Gasteiger partial charge < -0.3 is 15.5 Å². The second-order valence-electron chi connectivity index (χ2n) is 3.76. The molecule has 2 heterocycles. The average Bonchev–Trinajstić information content (AvgIpc) is 2.67. The molecule has 5 heteroatoms. The Kier molecular flexibility index (Phi) is 3.72. The minimum atomic E-state index is -0.162. The van der Waals surface area contributed by atoms with E-state index in [1.807, 2.05) is 12.3 Å². The van der Waals surface area contributed by atoms with Crippen LogP contribution in [0.1, 0.15) is 10.5 Å². The number of hydrogen-bond donors (Lipinski definition) is 2. The maximum atomic E-state index is 11.3. The molecule has 1 aliphatic heterocycles. The lowest BCUT2D eigenvalue weighted by Gasteiger charge is -2.18. The Labute approximate surface area is 101 Å². The Bertz CT molecular complexity index is 413. The van der Waals surface area contributed by atoms with Crippen molar-refractivity contribution in [2.24, 2.45) is 0 Å². The van der Waals surface area contributed by atoms with E-state index >= 15 is 0 Å². The van der Waals surface area contributed by atoms with Crippen molar-refractivity contribution in [3.63, 3.8) is 0 Å². The van der Waals surface area contributed by atoms with Crippen molar-refractivity contribution in [3.05, 3.63) is 36.3 Å². The molecule has 1 aliphatic rings.